The van der Waals surface area contributed by atoms with E-state index in [-0.39, 0.29) is 0 Å². The maximum absolute atomic E-state index is 4.27. The molecule has 0 aliphatic heterocycles. The van der Waals surface area contributed by atoms with Crippen molar-refractivity contribution in [3.05, 3.63) is 29.8 Å². The third-order valence-corrected chi connectivity index (χ3v) is 2.76. The summed E-state index contributed by atoms with van der Waals surface area (Å²) >= 11 is 4.27. The van der Waals surface area contributed by atoms with Gasteiger partial charge in [0.15, 0.2) is 11.0 Å². The zero-order valence-corrected chi connectivity index (χ0v) is 9.70. The van der Waals surface area contributed by atoms with E-state index < -0.39 is 0 Å². The molecule has 0 bridgehead atoms. The first-order valence-electron chi connectivity index (χ1n) is 4.92. The van der Waals surface area contributed by atoms with Gasteiger partial charge in [0, 0.05) is 12.1 Å². The highest BCUT2D eigenvalue weighted by atomic mass is 32.1. The molecular formula is C11H13N3S. The fourth-order valence-electron chi connectivity index (χ4n) is 1.61. The molecule has 78 valence electrons. The minimum atomic E-state index is 0.663. The molecule has 0 amide bonds. The van der Waals surface area contributed by atoms with Crippen LogP contribution in [0.1, 0.15) is 12.5 Å². The molecule has 0 N–H and O–H groups in total. The quantitative estimate of drug-likeness (QED) is 0.787. The maximum Gasteiger partial charge on any atom is 0.188 e. The van der Waals surface area contributed by atoms with Gasteiger partial charge in [-0.25, -0.2) is 0 Å². The molecule has 4 heteroatoms. The third kappa shape index (κ3) is 1.77. The third-order valence-electron chi connectivity index (χ3n) is 2.43. The van der Waals surface area contributed by atoms with Crippen molar-refractivity contribution in [2.24, 2.45) is 0 Å². The van der Waals surface area contributed by atoms with Crippen molar-refractivity contribution in [2.45, 2.75) is 25.5 Å². The first kappa shape index (κ1) is 10.2. The molecule has 1 aromatic carbocycles. The molecule has 0 aliphatic rings. The van der Waals surface area contributed by atoms with E-state index in [1.165, 1.54) is 5.56 Å². The number of hydrogen-bond acceptors (Lipinski definition) is 3. The van der Waals surface area contributed by atoms with Crippen molar-refractivity contribution >= 4 is 12.6 Å². The SMILES string of the molecule is CCn1c(S)nnc1-c1ccccc1C. The second-order valence-electron chi connectivity index (χ2n) is 3.38. The summed E-state index contributed by atoms with van der Waals surface area (Å²) in [4.78, 5) is 0. The standard InChI is InChI=1S/C11H13N3S/c1-3-14-10(12-13-11(14)15)9-7-5-4-6-8(9)2/h4-7H,3H2,1-2H3,(H,13,15). The first-order chi connectivity index (χ1) is 7.24. The average molecular weight is 219 g/mol. The maximum atomic E-state index is 4.27. The Bertz CT molecular complexity index is 476. The number of thiol groups is 1. The van der Waals surface area contributed by atoms with E-state index in [2.05, 4.69) is 48.8 Å². The van der Waals surface area contributed by atoms with Crippen molar-refractivity contribution in [1.82, 2.24) is 14.8 Å². The van der Waals surface area contributed by atoms with Gasteiger partial charge in [-0.2, -0.15) is 0 Å². The van der Waals surface area contributed by atoms with Crippen molar-refractivity contribution in [3.63, 3.8) is 0 Å². The van der Waals surface area contributed by atoms with Gasteiger partial charge in [0.05, 0.1) is 0 Å². The molecule has 0 radical (unpaired) electrons. The Morgan fingerprint density at radius 1 is 1.27 bits per heavy atom. The summed E-state index contributed by atoms with van der Waals surface area (Å²) in [5.41, 5.74) is 2.32. The van der Waals surface area contributed by atoms with Crippen LogP contribution in [0.3, 0.4) is 0 Å². The smallest absolute Gasteiger partial charge is 0.188 e. The molecule has 3 nitrogen and oxygen atoms in total. The summed E-state index contributed by atoms with van der Waals surface area (Å²) in [6.45, 7) is 4.96. The van der Waals surface area contributed by atoms with Crippen LogP contribution in [0.15, 0.2) is 29.4 Å². The van der Waals surface area contributed by atoms with Gasteiger partial charge in [-0.15, -0.1) is 22.8 Å². The minimum Gasteiger partial charge on any atom is -0.303 e. The van der Waals surface area contributed by atoms with Crippen molar-refractivity contribution in [1.29, 1.82) is 0 Å². The van der Waals surface area contributed by atoms with E-state index >= 15 is 0 Å². The zero-order chi connectivity index (χ0) is 10.8. The van der Waals surface area contributed by atoms with E-state index in [4.69, 9.17) is 0 Å². The monoisotopic (exact) mass is 219 g/mol. The Morgan fingerprint density at radius 2 is 2.00 bits per heavy atom. The Kier molecular flexibility index (Phi) is 2.77. The van der Waals surface area contributed by atoms with Gasteiger partial charge in [-0.05, 0) is 19.4 Å². The molecule has 0 fully saturated rings. The topological polar surface area (TPSA) is 30.7 Å². The van der Waals surface area contributed by atoms with Crippen LogP contribution in [0.2, 0.25) is 0 Å². The Morgan fingerprint density at radius 3 is 2.67 bits per heavy atom. The molecule has 1 aromatic heterocycles. The van der Waals surface area contributed by atoms with Gasteiger partial charge in [0.1, 0.15) is 0 Å². The molecule has 1 heterocycles. The normalized spacial score (nSPS) is 10.6. The van der Waals surface area contributed by atoms with Gasteiger partial charge < -0.3 is 4.57 Å². The van der Waals surface area contributed by atoms with Crippen LogP contribution in [0, 0.1) is 6.92 Å². The zero-order valence-electron chi connectivity index (χ0n) is 8.81. The summed E-state index contributed by atoms with van der Waals surface area (Å²) in [5.74, 6) is 0.889. The van der Waals surface area contributed by atoms with Gasteiger partial charge >= 0.3 is 0 Å². The Hall–Kier alpha value is -1.29. The fourth-order valence-corrected chi connectivity index (χ4v) is 1.89. The second-order valence-corrected chi connectivity index (χ2v) is 3.78. The largest absolute Gasteiger partial charge is 0.303 e. The van der Waals surface area contributed by atoms with E-state index in [9.17, 15) is 0 Å². The van der Waals surface area contributed by atoms with Crippen LogP contribution in [0.4, 0.5) is 0 Å². The molecule has 2 rings (SSSR count). The molecule has 0 saturated heterocycles. The number of benzene rings is 1. The van der Waals surface area contributed by atoms with Gasteiger partial charge in [0.25, 0.3) is 0 Å². The minimum absolute atomic E-state index is 0.663. The van der Waals surface area contributed by atoms with Crippen LogP contribution >= 0.6 is 12.6 Å². The molecule has 0 aliphatic carbocycles. The highest BCUT2D eigenvalue weighted by Gasteiger charge is 2.11. The first-order valence-corrected chi connectivity index (χ1v) is 5.37. The summed E-state index contributed by atoms with van der Waals surface area (Å²) in [6, 6.07) is 8.16. The number of aromatic nitrogens is 3. The lowest BCUT2D eigenvalue weighted by molar-refractivity contribution is 0.689. The number of rotatable bonds is 2. The van der Waals surface area contributed by atoms with Crippen LogP contribution < -0.4 is 0 Å². The van der Waals surface area contributed by atoms with E-state index in [1.54, 1.807) is 0 Å². The highest BCUT2D eigenvalue weighted by molar-refractivity contribution is 7.80. The lowest BCUT2D eigenvalue weighted by Gasteiger charge is -2.06. The van der Waals surface area contributed by atoms with Crippen LogP contribution in [0.25, 0.3) is 11.4 Å². The summed E-state index contributed by atoms with van der Waals surface area (Å²) in [7, 11) is 0. The van der Waals surface area contributed by atoms with Crippen molar-refractivity contribution < 1.29 is 0 Å². The van der Waals surface area contributed by atoms with Crippen LogP contribution in [-0.4, -0.2) is 14.8 Å². The van der Waals surface area contributed by atoms with Crippen molar-refractivity contribution in [2.75, 3.05) is 0 Å². The second kappa shape index (κ2) is 4.06. The van der Waals surface area contributed by atoms with Crippen LogP contribution in [-0.2, 0) is 6.54 Å². The molecular weight excluding hydrogens is 206 g/mol. The molecule has 2 aromatic rings. The Balaban J connectivity index is 2.59. The molecule has 15 heavy (non-hydrogen) atoms. The van der Waals surface area contributed by atoms with Gasteiger partial charge in [-0.3, -0.25) is 0 Å². The highest BCUT2D eigenvalue weighted by Crippen LogP contribution is 2.22. The van der Waals surface area contributed by atoms with E-state index in [0.717, 1.165) is 17.9 Å². The lowest BCUT2D eigenvalue weighted by atomic mass is 10.1. The van der Waals surface area contributed by atoms with Crippen molar-refractivity contribution in [3.8, 4) is 11.4 Å². The van der Waals surface area contributed by atoms with Gasteiger partial charge in [-0.1, -0.05) is 24.3 Å². The Labute approximate surface area is 94.6 Å². The number of nitrogens with zero attached hydrogens (tertiary/aromatic N) is 3. The molecule has 0 saturated carbocycles. The van der Waals surface area contributed by atoms with Crippen LogP contribution in [0.5, 0.6) is 0 Å². The van der Waals surface area contributed by atoms with E-state index in [1.807, 2.05) is 16.7 Å². The summed E-state index contributed by atoms with van der Waals surface area (Å²) in [5, 5.41) is 8.80. The predicted molar refractivity (Wildman–Crippen MR) is 63.1 cm³/mol. The fraction of sp³-hybridized carbons (Fsp3) is 0.273. The molecule has 0 atom stereocenters. The molecule has 0 spiro atoms. The number of hydrogen-bond donors (Lipinski definition) is 1. The molecule has 0 unspecified atom stereocenters. The van der Waals surface area contributed by atoms with Gasteiger partial charge in [0.2, 0.25) is 0 Å². The lowest BCUT2D eigenvalue weighted by Crippen LogP contribution is -1.99. The number of aryl methyl sites for hydroxylation is 1. The average Bonchev–Trinajstić information content (AvgIpc) is 2.60. The predicted octanol–water partition coefficient (Wildman–Crippen LogP) is 2.56. The van der Waals surface area contributed by atoms with E-state index in [0.29, 0.717) is 5.16 Å². The summed E-state index contributed by atoms with van der Waals surface area (Å²) < 4.78 is 1.99. The summed E-state index contributed by atoms with van der Waals surface area (Å²) in [6.07, 6.45) is 0.